The number of rotatable bonds is 63. The number of fused-ring (bicyclic) bond motifs is 9. The van der Waals surface area contributed by atoms with E-state index in [1.165, 1.54) is 20.8 Å². The molecular formula is C79H132N14O31. The first-order valence-electron chi connectivity index (χ1n) is 42.9. The maximum absolute atomic E-state index is 13.9. The Hall–Kier alpha value is -5.82. The van der Waals surface area contributed by atoms with Crippen LogP contribution in [0.2, 0.25) is 0 Å². The van der Waals surface area contributed by atoms with Crippen molar-refractivity contribution in [3.8, 4) is 0 Å². The topological polar surface area (TPSA) is 495 Å². The zero-order valence-corrected chi connectivity index (χ0v) is 73.0. The lowest BCUT2D eigenvalue weighted by molar-refractivity contribution is -0.214. The minimum atomic E-state index is -1.27. The summed E-state index contributed by atoms with van der Waals surface area (Å²) >= 11 is 0. The molecule has 7 N–H and O–H groups in total. The van der Waals surface area contributed by atoms with Crippen LogP contribution in [0.4, 0.5) is 0 Å². The Morgan fingerprint density at radius 1 is 0.435 bits per heavy atom. The highest BCUT2D eigenvalue weighted by molar-refractivity contribution is 5.77. The van der Waals surface area contributed by atoms with Crippen molar-refractivity contribution >= 4 is 23.6 Å². The van der Waals surface area contributed by atoms with Crippen LogP contribution in [0.5, 0.6) is 0 Å². The molecule has 4 amide bonds. The molecule has 8 aliphatic rings. The van der Waals surface area contributed by atoms with Gasteiger partial charge in [-0.25, -0.2) is 14.0 Å². The van der Waals surface area contributed by atoms with E-state index in [2.05, 4.69) is 52.2 Å². The third kappa shape index (κ3) is 30.7. The van der Waals surface area contributed by atoms with E-state index in [4.69, 9.17) is 129 Å². The number of carbonyl (C=O) groups is 4. The van der Waals surface area contributed by atoms with Gasteiger partial charge < -0.3 is 155 Å². The van der Waals surface area contributed by atoms with E-state index < -0.39 is 108 Å². The number of unbranched alkanes of at least 4 members (excludes halogenated alkanes) is 2. The lowest BCUT2D eigenvalue weighted by Crippen LogP contribution is -2.65. The van der Waals surface area contributed by atoms with Gasteiger partial charge in [0.1, 0.15) is 82.5 Å². The van der Waals surface area contributed by atoms with E-state index in [1.54, 1.807) is 46.5 Å². The van der Waals surface area contributed by atoms with Crippen molar-refractivity contribution in [2.75, 3.05) is 205 Å². The van der Waals surface area contributed by atoms with E-state index in [-0.39, 0.29) is 115 Å². The molecule has 124 heavy (non-hydrogen) atoms. The zero-order chi connectivity index (χ0) is 87.8. The first-order chi connectivity index (χ1) is 59.8. The summed E-state index contributed by atoms with van der Waals surface area (Å²) in [4.78, 5) is 49.8. The molecule has 45 nitrogen and oxygen atoms in total. The standard InChI is InChI=1S/C79H132N14O31/c1-54(94)81-62-66-65(117-74(4,5)118-66)57(43-114-71(62)98)42-108-36-33-105-30-27-102-24-21-99-18-15-91-39-58(85-88-91)44-111-47-77(84-61(97)13-11-10-12-14-80,48-112-45-59-40-92(89-86-59)16-19-100-22-25-103-28-31-106-34-37-109-50-78-52-115-72(123-78)63(82-55(2)95)67-69(78)121-75(6,7)119-67)49-113-46-60-41-93(90-87-60)17-20-101-23-26-104-29-32-107-35-38-110-51-79-53-116-73(124-79)64(83-56(3)96)68-70(79)122-76(8,9)120-68/h39-41,57,62-73,98H,10-38,42-53,80H2,1-9H3,(H,81,94)(H,82,95)(H,83,96)(H,84,97). The third-order valence-electron chi connectivity index (χ3n) is 21.1. The quantitative estimate of drug-likeness (QED) is 0.0342. The Labute approximate surface area is 721 Å². The lowest BCUT2D eigenvalue weighted by atomic mass is 9.88. The van der Waals surface area contributed by atoms with Crippen LogP contribution in [0.15, 0.2) is 18.6 Å². The number of ether oxygens (including phenoxy) is 26. The number of nitrogens with zero attached hydrogens (tertiary/aromatic N) is 9. The summed E-state index contributed by atoms with van der Waals surface area (Å²) in [7, 11) is 0. The Morgan fingerprint density at radius 3 is 1.19 bits per heavy atom. The highest BCUT2D eigenvalue weighted by atomic mass is 16.8. The SMILES string of the molecule is CC(=O)NC1C(O)OCC(COCCOCCOCCOCCn2cc(COCC(COCc3cn(CCOCCOCCOCCOCC45COC(O4)C(NC(C)=O)C4OC(C)(C)OC45)nn3)(COCc3cn(CCOCCOCCOCCOCC45COC(O4)C(NC(C)=O)C4OC(C)(C)OC45)nn3)NC(=O)CCCCCN)nn2)C2OC(C)(C)OC12. The van der Waals surface area contributed by atoms with Gasteiger partial charge in [0.2, 0.25) is 23.6 Å². The smallest absolute Gasteiger partial charge is 0.220 e. The average molecular weight is 1770 g/mol. The fourth-order valence-electron chi connectivity index (χ4n) is 15.6. The Morgan fingerprint density at radius 2 is 0.790 bits per heavy atom. The molecule has 0 radical (unpaired) electrons. The summed E-state index contributed by atoms with van der Waals surface area (Å²) in [5, 5.41) is 48.3. The first kappa shape index (κ1) is 98.8. The summed E-state index contributed by atoms with van der Waals surface area (Å²) in [5.74, 6) is -3.90. The van der Waals surface area contributed by atoms with Crippen LogP contribution >= 0.6 is 0 Å². The van der Waals surface area contributed by atoms with Crippen molar-refractivity contribution in [2.45, 2.75) is 235 Å². The maximum atomic E-state index is 13.9. The second kappa shape index (κ2) is 49.3. The molecule has 0 aliphatic carbocycles. The van der Waals surface area contributed by atoms with Gasteiger partial charge in [0, 0.05) is 33.1 Å². The van der Waals surface area contributed by atoms with Crippen LogP contribution < -0.4 is 27.0 Å². The molecule has 11 heterocycles. The number of aliphatic hydroxyl groups is 1. The van der Waals surface area contributed by atoms with Crippen molar-refractivity contribution in [2.24, 2.45) is 11.7 Å². The van der Waals surface area contributed by atoms with E-state index >= 15 is 0 Å². The van der Waals surface area contributed by atoms with Crippen LogP contribution in [-0.4, -0.2) is 386 Å². The lowest BCUT2D eigenvalue weighted by Gasteiger charge is -2.42. The summed E-state index contributed by atoms with van der Waals surface area (Å²) < 4.78 is 161. The third-order valence-corrected chi connectivity index (χ3v) is 21.1. The predicted octanol–water partition coefficient (Wildman–Crippen LogP) is -1.73. The molecule has 0 spiro atoms. The Kier molecular flexibility index (Phi) is 39.2. The first-order valence-corrected chi connectivity index (χ1v) is 42.9. The molecule has 4 bridgehead atoms. The van der Waals surface area contributed by atoms with Crippen molar-refractivity contribution < 1.29 is 147 Å². The molecule has 0 saturated carbocycles. The monoisotopic (exact) mass is 1770 g/mol. The van der Waals surface area contributed by atoms with E-state index in [0.29, 0.717) is 188 Å². The van der Waals surface area contributed by atoms with Crippen LogP contribution in [0.3, 0.4) is 0 Å². The molecule has 0 aromatic carbocycles. The normalized spacial score (nSPS) is 28.0. The van der Waals surface area contributed by atoms with E-state index in [9.17, 15) is 24.3 Å². The number of amides is 4. The number of hydrogen-bond donors (Lipinski definition) is 6. The van der Waals surface area contributed by atoms with Crippen molar-refractivity contribution in [1.82, 2.24) is 66.2 Å². The van der Waals surface area contributed by atoms with Gasteiger partial charge in [0.25, 0.3) is 0 Å². The highest BCUT2D eigenvalue weighted by Crippen LogP contribution is 2.48. The van der Waals surface area contributed by atoms with Gasteiger partial charge in [0.15, 0.2) is 36.2 Å². The fraction of sp³-hybridized carbons (Fsp3) is 0.873. The molecule has 3 aromatic heterocycles. The molecule has 8 aliphatic heterocycles. The number of nitrogens with two attached hydrogens (primary N) is 1. The van der Waals surface area contributed by atoms with Gasteiger partial charge in [-0.15, -0.1) is 15.3 Å². The van der Waals surface area contributed by atoms with Crippen LogP contribution in [-0.2, 0) is 182 Å². The number of nitrogens with one attached hydrogen (secondary N) is 4. The molecule has 3 aromatic rings. The molecule has 15 atom stereocenters. The summed E-state index contributed by atoms with van der Waals surface area (Å²) in [5.41, 5.74) is 4.40. The summed E-state index contributed by atoms with van der Waals surface area (Å²) in [6.07, 6.45) is 1.99. The molecule has 8 fully saturated rings. The van der Waals surface area contributed by atoms with Gasteiger partial charge in [-0.2, -0.15) is 0 Å². The molecule has 11 rings (SSSR count). The summed E-state index contributed by atoms with van der Waals surface area (Å²) in [6, 6.07) is -1.83. The summed E-state index contributed by atoms with van der Waals surface area (Å²) in [6.45, 7) is 25.1. The minimum Gasteiger partial charge on any atom is -0.379 e. The van der Waals surface area contributed by atoms with Crippen molar-refractivity contribution in [1.29, 1.82) is 0 Å². The maximum Gasteiger partial charge on any atom is 0.220 e. The van der Waals surface area contributed by atoms with Gasteiger partial charge >= 0.3 is 0 Å². The van der Waals surface area contributed by atoms with Gasteiger partial charge in [-0.05, 0) is 60.9 Å². The predicted molar refractivity (Wildman–Crippen MR) is 424 cm³/mol. The fourth-order valence-corrected chi connectivity index (χ4v) is 15.6. The second-order valence-electron chi connectivity index (χ2n) is 33.0. The van der Waals surface area contributed by atoms with Gasteiger partial charge in [-0.3, -0.25) is 19.2 Å². The molecular weight excluding hydrogens is 1640 g/mol. The second-order valence-corrected chi connectivity index (χ2v) is 33.0. The van der Waals surface area contributed by atoms with Crippen LogP contribution in [0, 0.1) is 5.92 Å². The van der Waals surface area contributed by atoms with Crippen molar-refractivity contribution in [3.05, 3.63) is 35.7 Å². The average Bonchev–Trinajstić information content (AvgIpc) is 1.57. The number of hydrogen-bond acceptors (Lipinski definition) is 38. The van der Waals surface area contributed by atoms with E-state index in [0.717, 1.165) is 12.8 Å². The largest absolute Gasteiger partial charge is 0.379 e. The highest BCUT2D eigenvalue weighted by Gasteiger charge is 2.68. The van der Waals surface area contributed by atoms with Gasteiger partial charge in [0.05, 0.1) is 262 Å². The molecule has 45 heteroatoms. The zero-order valence-electron chi connectivity index (χ0n) is 73.0. The molecule has 8 saturated heterocycles. The van der Waals surface area contributed by atoms with Crippen LogP contribution in [0.25, 0.3) is 0 Å². The number of aliphatic hydroxyl groups excluding tert-OH is 1. The van der Waals surface area contributed by atoms with Crippen molar-refractivity contribution in [3.63, 3.8) is 0 Å². The van der Waals surface area contributed by atoms with Crippen LogP contribution in [0.1, 0.15) is 105 Å². The minimum absolute atomic E-state index is 0.0327. The Balaban J connectivity index is 0.576. The molecule has 704 valence electrons. The number of carbonyl (C=O) groups excluding carboxylic acids is 4. The molecule has 15 unspecified atom stereocenters. The Bertz CT molecular complexity index is 3500. The van der Waals surface area contributed by atoms with Gasteiger partial charge in [-0.1, -0.05) is 22.1 Å². The number of aromatic nitrogens is 9. The van der Waals surface area contributed by atoms with E-state index in [1.807, 2.05) is 27.7 Å².